The fourth-order valence-corrected chi connectivity index (χ4v) is 2.22. The second-order valence-corrected chi connectivity index (χ2v) is 4.66. The first-order valence-corrected chi connectivity index (χ1v) is 5.90. The van der Waals surface area contributed by atoms with Crippen molar-refractivity contribution in [1.29, 1.82) is 0 Å². The van der Waals surface area contributed by atoms with Crippen molar-refractivity contribution < 1.29 is 27.4 Å². The van der Waals surface area contributed by atoms with Gasteiger partial charge >= 0.3 is 12.1 Å². The van der Waals surface area contributed by atoms with Gasteiger partial charge in [0.25, 0.3) is 0 Å². The molecule has 1 aromatic carbocycles. The van der Waals surface area contributed by atoms with Crippen molar-refractivity contribution in [3.8, 4) is 5.75 Å². The number of alkyl halides is 3. The van der Waals surface area contributed by atoms with E-state index in [1.165, 1.54) is 19.2 Å². The van der Waals surface area contributed by atoms with Gasteiger partial charge in [0.2, 0.25) is 0 Å². The molecule has 0 aliphatic rings. The van der Waals surface area contributed by atoms with Gasteiger partial charge in [-0.15, -0.1) is 0 Å². The van der Waals surface area contributed by atoms with Crippen LogP contribution in [-0.2, 0) is 4.74 Å². The molecule has 0 radical (unpaired) electrons. The number of hydrogen-bond donors (Lipinski definition) is 0. The van der Waals surface area contributed by atoms with Crippen LogP contribution in [0.2, 0.25) is 0 Å². The summed E-state index contributed by atoms with van der Waals surface area (Å²) in [6, 6.07) is 2.85. The molecule has 18 heavy (non-hydrogen) atoms. The van der Waals surface area contributed by atoms with E-state index >= 15 is 0 Å². The number of carbonyl (C=O) groups excluding carboxylic acids is 1. The first-order chi connectivity index (χ1) is 8.24. The van der Waals surface area contributed by atoms with E-state index in [4.69, 9.17) is 4.74 Å². The van der Waals surface area contributed by atoms with Gasteiger partial charge in [0.05, 0.1) is 16.2 Å². The average molecular weight is 374 g/mol. The van der Waals surface area contributed by atoms with Crippen LogP contribution in [0.5, 0.6) is 5.75 Å². The second-order valence-electron chi connectivity index (χ2n) is 3.50. The van der Waals surface area contributed by atoms with Crippen LogP contribution < -0.4 is 4.74 Å². The Bertz CT molecular complexity index is 434. The van der Waals surface area contributed by atoms with Crippen LogP contribution in [0, 0.1) is 10.5 Å². The monoisotopic (exact) mass is 374 g/mol. The summed E-state index contributed by atoms with van der Waals surface area (Å²) >= 11 is 1.81. The zero-order valence-electron chi connectivity index (χ0n) is 9.60. The molecule has 1 aromatic rings. The first-order valence-electron chi connectivity index (χ1n) is 4.82. The number of esters is 1. The minimum Gasteiger partial charge on any atom is -0.483 e. The van der Waals surface area contributed by atoms with Gasteiger partial charge in [-0.25, -0.2) is 4.79 Å². The Balaban J connectivity index is 2.98. The van der Waals surface area contributed by atoms with Gasteiger partial charge in [0, 0.05) is 0 Å². The highest BCUT2D eigenvalue weighted by Crippen LogP contribution is 2.29. The summed E-state index contributed by atoms with van der Waals surface area (Å²) in [4.78, 5) is 11.3. The molecular weight excluding hydrogens is 364 g/mol. The number of aryl methyl sites for hydroxylation is 1. The summed E-state index contributed by atoms with van der Waals surface area (Å²) in [6.07, 6.45) is -4.39. The molecule has 0 spiro atoms. The molecule has 0 fully saturated rings. The molecule has 0 saturated carbocycles. The molecule has 100 valence electrons. The van der Waals surface area contributed by atoms with E-state index < -0.39 is 18.8 Å². The molecule has 0 aliphatic heterocycles. The van der Waals surface area contributed by atoms with Crippen LogP contribution in [0.1, 0.15) is 15.9 Å². The lowest BCUT2D eigenvalue weighted by molar-refractivity contribution is -0.153. The zero-order valence-corrected chi connectivity index (χ0v) is 11.8. The topological polar surface area (TPSA) is 35.5 Å². The second kappa shape index (κ2) is 5.77. The van der Waals surface area contributed by atoms with E-state index in [1.54, 1.807) is 6.92 Å². The van der Waals surface area contributed by atoms with Gasteiger partial charge in [-0.2, -0.15) is 13.2 Å². The Morgan fingerprint density at radius 2 is 2.00 bits per heavy atom. The molecule has 0 unspecified atom stereocenters. The van der Waals surface area contributed by atoms with Gasteiger partial charge < -0.3 is 9.47 Å². The van der Waals surface area contributed by atoms with Crippen LogP contribution >= 0.6 is 22.6 Å². The lowest BCUT2D eigenvalue weighted by atomic mass is 10.1. The molecule has 0 aliphatic carbocycles. The van der Waals surface area contributed by atoms with Crippen LogP contribution in [0.25, 0.3) is 0 Å². The highest BCUT2D eigenvalue weighted by Gasteiger charge is 2.29. The third-order valence-corrected chi connectivity index (χ3v) is 2.83. The van der Waals surface area contributed by atoms with Crippen molar-refractivity contribution in [3.05, 3.63) is 26.8 Å². The molecule has 0 bridgehead atoms. The predicted octanol–water partition coefficient (Wildman–Crippen LogP) is 3.33. The maximum absolute atomic E-state index is 12.1. The van der Waals surface area contributed by atoms with Crippen molar-refractivity contribution in [2.75, 3.05) is 13.7 Å². The molecule has 3 nitrogen and oxygen atoms in total. The fraction of sp³-hybridized carbons (Fsp3) is 0.364. The molecule has 0 amide bonds. The Labute approximate surface area is 115 Å². The fourth-order valence-electron chi connectivity index (χ4n) is 1.30. The summed E-state index contributed by atoms with van der Waals surface area (Å²) in [7, 11) is 1.23. The molecule has 1 rings (SSSR count). The summed E-state index contributed by atoms with van der Waals surface area (Å²) < 4.78 is 45.9. The summed E-state index contributed by atoms with van der Waals surface area (Å²) in [5.41, 5.74) is 0.727. The highest BCUT2D eigenvalue weighted by molar-refractivity contribution is 14.1. The SMILES string of the molecule is COC(=O)c1cc(C)c(OCC(F)(F)F)c(I)c1. The predicted molar refractivity (Wildman–Crippen MR) is 66.8 cm³/mol. The number of methoxy groups -OCH3 is 1. The van der Waals surface area contributed by atoms with E-state index in [-0.39, 0.29) is 11.3 Å². The van der Waals surface area contributed by atoms with Gasteiger partial charge in [-0.05, 0) is 47.2 Å². The van der Waals surface area contributed by atoms with Crippen molar-refractivity contribution in [1.82, 2.24) is 0 Å². The van der Waals surface area contributed by atoms with Gasteiger partial charge in [-0.1, -0.05) is 0 Å². The number of ether oxygens (including phenoxy) is 2. The number of benzene rings is 1. The van der Waals surface area contributed by atoms with E-state index in [0.29, 0.717) is 9.13 Å². The smallest absolute Gasteiger partial charge is 0.422 e. The van der Waals surface area contributed by atoms with Crippen LogP contribution in [0.15, 0.2) is 12.1 Å². The summed E-state index contributed by atoms with van der Waals surface area (Å²) in [5, 5.41) is 0. The van der Waals surface area contributed by atoms with Gasteiger partial charge in [0.1, 0.15) is 5.75 Å². The molecule has 0 aromatic heterocycles. The molecule has 7 heteroatoms. The lowest BCUT2D eigenvalue weighted by Gasteiger charge is -2.14. The average Bonchev–Trinajstić information content (AvgIpc) is 2.25. The van der Waals surface area contributed by atoms with Crippen LogP contribution in [0.4, 0.5) is 13.2 Å². The largest absolute Gasteiger partial charge is 0.483 e. The molecule has 0 heterocycles. The number of carbonyl (C=O) groups is 1. The minimum absolute atomic E-state index is 0.126. The Kier molecular flexibility index (Phi) is 4.83. The van der Waals surface area contributed by atoms with Crippen molar-refractivity contribution >= 4 is 28.6 Å². The Morgan fingerprint density at radius 1 is 1.39 bits per heavy atom. The first kappa shape index (κ1) is 15.1. The Morgan fingerprint density at radius 3 is 2.44 bits per heavy atom. The number of rotatable bonds is 3. The summed E-state index contributed by atoms with van der Waals surface area (Å²) in [5.74, 6) is -0.418. The maximum atomic E-state index is 12.1. The van der Waals surface area contributed by atoms with Gasteiger partial charge in [0.15, 0.2) is 6.61 Å². The van der Waals surface area contributed by atoms with E-state index in [1.807, 2.05) is 22.6 Å². The normalized spacial score (nSPS) is 11.2. The van der Waals surface area contributed by atoms with Crippen LogP contribution in [0.3, 0.4) is 0 Å². The van der Waals surface area contributed by atoms with Crippen molar-refractivity contribution in [2.45, 2.75) is 13.1 Å². The quantitative estimate of drug-likeness (QED) is 0.602. The lowest BCUT2D eigenvalue weighted by Crippen LogP contribution is -2.20. The highest BCUT2D eigenvalue weighted by atomic mass is 127. The van der Waals surface area contributed by atoms with Crippen molar-refractivity contribution in [2.24, 2.45) is 0 Å². The zero-order chi connectivity index (χ0) is 13.9. The Hall–Kier alpha value is -0.990. The van der Waals surface area contributed by atoms with E-state index in [9.17, 15) is 18.0 Å². The van der Waals surface area contributed by atoms with Gasteiger partial charge in [-0.3, -0.25) is 0 Å². The number of hydrogen-bond acceptors (Lipinski definition) is 3. The van der Waals surface area contributed by atoms with E-state index in [2.05, 4.69) is 4.74 Å². The molecule has 0 N–H and O–H groups in total. The minimum atomic E-state index is -4.39. The van der Waals surface area contributed by atoms with Crippen LogP contribution in [-0.4, -0.2) is 25.9 Å². The number of halogens is 4. The standard InChI is InChI=1S/C11H10F3IO3/c1-6-3-7(10(16)17-2)4-8(15)9(6)18-5-11(12,13)14/h3-4H,5H2,1-2H3. The molecule has 0 atom stereocenters. The third-order valence-electron chi connectivity index (χ3n) is 2.03. The summed E-state index contributed by atoms with van der Waals surface area (Å²) in [6.45, 7) is 0.210. The van der Waals surface area contributed by atoms with E-state index in [0.717, 1.165) is 0 Å². The third kappa shape index (κ3) is 4.04. The molecular formula is C11H10F3IO3. The molecule has 0 saturated heterocycles. The maximum Gasteiger partial charge on any atom is 0.422 e. The van der Waals surface area contributed by atoms with Crippen molar-refractivity contribution in [3.63, 3.8) is 0 Å².